The summed E-state index contributed by atoms with van der Waals surface area (Å²) in [6, 6.07) is 7.15. The van der Waals surface area contributed by atoms with Crippen LogP contribution in [-0.2, 0) is 11.2 Å². The highest BCUT2D eigenvalue weighted by atomic mass is 16.4. The largest absolute Gasteiger partial charge is 0.481 e. The molecular formula is C16H23NO3. The minimum Gasteiger partial charge on any atom is -0.481 e. The van der Waals surface area contributed by atoms with Crippen LogP contribution < -0.4 is 5.32 Å². The van der Waals surface area contributed by atoms with Crippen LogP contribution in [0, 0.1) is 5.92 Å². The number of rotatable bonds is 8. The summed E-state index contributed by atoms with van der Waals surface area (Å²) in [5.41, 5.74) is 1.84. The second-order valence-electron chi connectivity index (χ2n) is 5.43. The number of carbonyl (C=O) groups is 2. The van der Waals surface area contributed by atoms with Crippen LogP contribution in [-0.4, -0.2) is 29.9 Å². The Kier molecular flexibility index (Phi) is 6.39. The Morgan fingerprint density at radius 2 is 1.80 bits per heavy atom. The van der Waals surface area contributed by atoms with Crippen molar-refractivity contribution in [1.29, 1.82) is 0 Å². The van der Waals surface area contributed by atoms with Gasteiger partial charge in [0.15, 0.2) is 5.78 Å². The lowest BCUT2D eigenvalue weighted by Gasteiger charge is -2.14. The van der Waals surface area contributed by atoms with E-state index in [2.05, 4.69) is 19.2 Å². The summed E-state index contributed by atoms with van der Waals surface area (Å²) in [6.45, 7) is 4.31. The molecule has 0 fully saturated rings. The van der Waals surface area contributed by atoms with E-state index in [9.17, 15) is 9.59 Å². The molecule has 0 aliphatic heterocycles. The predicted octanol–water partition coefficient (Wildman–Crippen LogP) is 2.52. The smallest absolute Gasteiger partial charge is 0.303 e. The maximum Gasteiger partial charge on any atom is 0.303 e. The van der Waals surface area contributed by atoms with Crippen molar-refractivity contribution < 1.29 is 14.7 Å². The minimum atomic E-state index is -0.884. The summed E-state index contributed by atoms with van der Waals surface area (Å²) in [4.78, 5) is 22.9. The first-order valence-corrected chi connectivity index (χ1v) is 6.96. The highest BCUT2D eigenvalue weighted by Gasteiger charge is 2.19. The summed E-state index contributed by atoms with van der Waals surface area (Å²) in [5.74, 6) is -0.354. The van der Waals surface area contributed by atoms with E-state index in [-0.39, 0.29) is 12.2 Å². The molecule has 0 amide bonds. The van der Waals surface area contributed by atoms with E-state index < -0.39 is 12.0 Å². The fourth-order valence-electron chi connectivity index (χ4n) is 2.15. The van der Waals surface area contributed by atoms with Gasteiger partial charge >= 0.3 is 5.97 Å². The number of Topliss-reactive ketones (excluding diaryl/α,β-unsaturated/α-hetero) is 1. The molecule has 20 heavy (non-hydrogen) atoms. The number of aliphatic carboxylic acids is 1. The molecule has 1 rings (SSSR count). The average molecular weight is 277 g/mol. The maximum atomic E-state index is 12.3. The molecule has 0 saturated heterocycles. The van der Waals surface area contributed by atoms with Gasteiger partial charge in [-0.15, -0.1) is 0 Å². The van der Waals surface area contributed by atoms with Gasteiger partial charge in [0.25, 0.3) is 0 Å². The number of carboxylic acid groups (broad SMARTS) is 1. The molecule has 1 aromatic rings. The fourth-order valence-corrected chi connectivity index (χ4v) is 2.15. The van der Waals surface area contributed by atoms with Gasteiger partial charge in [0.1, 0.15) is 0 Å². The molecule has 0 bridgehead atoms. The Bertz CT molecular complexity index is 451. The predicted molar refractivity (Wildman–Crippen MR) is 79.0 cm³/mol. The van der Waals surface area contributed by atoms with Crippen LogP contribution in [0.25, 0.3) is 0 Å². The molecule has 0 radical (unpaired) electrons. The molecule has 0 spiro atoms. The number of carboxylic acids is 1. The molecule has 4 heteroatoms. The van der Waals surface area contributed by atoms with Crippen molar-refractivity contribution >= 4 is 11.8 Å². The SMILES string of the molecule is CNC(CCC(=O)O)C(=O)c1ccc(CC(C)C)cc1. The van der Waals surface area contributed by atoms with Crippen LogP contribution in [0.5, 0.6) is 0 Å². The molecule has 0 heterocycles. The van der Waals surface area contributed by atoms with Crippen molar-refractivity contribution in [2.45, 2.75) is 39.2 Å². The monoisotopic (exact) mass is 277 g/mol. The Morgan fingerprint density at radius 1 is 1.20 bits per heavy atom. The lowest BCUT2D eigenvalue weighted by atomic mass is 9.97. The van der Waals surface area contributed by atoms with Gasteiger partial charge in [0, 0.05) is 12.0 Å². The van der Waals surface area contributed by atoms with E-state index in [1.165, 1.54) is 5.56 Å². The van der Waals surface area contributed by atoms with Crippen LogP contribution in [0.1, 0.15) is 42.6 Å². The molecule has 1 aromatic carbocycles. The summed E-state index contributed by atoms with van der Waals surface area (Å²) in [7, 11) is 1.68. The highest BCUT2D eigenvalue weighted by molar-refractivity contribution is 6.00. The molecule has 0 aromatic heterocycles. The van der Waals surface area contributed by atoms with Gasteiger partial charge in [-0.1, -0.05) is 38.1 Å². The molecule has 1 atom stereocenters. The molecule has 1 unspecified atom stereocenters. The zero-order valence-electron chi connectivity index (χ0n) is 12.3. The van der Waals surface area contributed by atoms with Gasteiger partial charge in [-0.05, 0) is 31.4 Å². The summed E-state index contributed by atoms with van der Waals surface area (Å²) in [5, 5.41) is 11.6. The summed E-state index contributed by atoms with van der Waals surface area (Å²) >= 11 is 0. The topological polar surface area (TPSA) is 66.4 Å². The third kappa shape index (κ3) is 5.13. The number of ketones is 1. The lowest BCUT2D eigenvalue weighted by Crippen LogP contribution is -2.34. The molecule has 0 saturated carbocycles. The molecule has 0 aliphatic carbocycles. The Balaban J connectivity index is 2.72. The number of hydrogen-bond acceptors (Lipinski definition) is 3. The quantitative estimate of drug-likeness (QED) is 0.717. The van der Waals surface area contributed by atoms with Crippen LogP contribution in [0.3, 0.4) is 0 Å². The zero-order chi connectivity index (χ0) is 15.1. The Morgan fingerprint density at radius 3 is 2.25 bits per heavy atom. The van der Waals surface area contributed by atoms with Gasteiger partial charge < -0.3 is 10.4 Å². The van der Waals surface area contributed by atoms with Crippen molar-refractivity contribution in [3.05, 3.63) is 35.4 Å². The van der Waals surface area contributed by atoms with E-state index in [1.807, 2.05) is 24.3 Å². The molecule has 0 aliphatic rings. The van der Waals surface area contributed by atoms with Crippen LogP contribution in [0.4, 0.5) is 0 Å². The number of hydrogen-bond donors (Lipinski definition) is 2. The Labute approximate surface area is 120 Å². The normalized spacial score (nSPS) is 12.4. The molecule has 4 nitrogen and oxygen atoms in total. The molecule has 2 N–H and O–H groups in total. The van der Waals surface area contributed by atoms with Gasteiger partial charge in [-0.25, -0.2) is 0 Å². The number of nitrogens with one attached hydrogen (secondary N) is 1. The van der Waals surface area contributed by atoms with Gasteiger partial charge in [-0.3, -0.25) is 9.59 Å². The van der Waals surface area contributed by atoms with Gasteiger partial charge in [0.05, 0.1) is 6.04 Å². The van der Waals surface area contributed by atoms with E-state index in [0.29, 0.717) is 17.9 Å². The lowest BCUT2D eigenvalue weighted by molar-refractivity contribution is -0.137. The fraction of sp³-hybridized carbons (Fsp3) is 0.500. The molecular weight excluding hydrogens is 254 g/mol. The van der Waals surface area contributed by atoms with E-state index in [4.69, 9.17) is 5.11 Å². The zero-order valence-corrected chi connectivity index (χ0v) is 12.3. The second-order valence-corrected chi connectivity index (χ2v) is 5.43. The third-order valence-electron chi connectivity index (χ3n) is 3.19. The minimum absolute atomic E-state index is 0.0112. The number of likely N-dealkylation sites (N-methyl/N-ethyl adjacent to an activating group) is 1. The van der Waals surface area contributed by atoms with Crippen molar-refractivity contribution in [2.24, 2.45) is 5.92 Å². The van der Waals surface area contributed by atoms with Crippen LogP contribution in [0.2, 0.25) is 0 Å². The van der Waals surface area contributed by atoms with E-state index >= 15 is 0 Å². The van der Waals surface area contributed by atoms with Crippen molar-refractivity contribution in [3.8, 4) is 0 Å². The van der Waals surface area contributed by atoms with Crippen molar-refractivity contribution in [3.63, 3.8) is 0 Å². The van der Waals surface area contributed by atoms with Gasteiger partial charge in [0.2, 0.25) is 0 Å². The number of benzene rings is 1. The van der Waals surface area contributed by atoms with Crippen molar-refractivity contribution in [1.82, 2.24) is 5.32 Å². The van der Waals surface area contributed by atoms with Gasteiger partial charge in [-0.2, -0.15) is 0 Å². The van der Waals surface area contributed by atoms with Crippen LogP contribution in [0.15, 0.2) is 24.3 Å². The second kappa shape index (κ2) is 7.80. The first kappa shape index (κ1) is 16.4. The van der Waals surface area contributed by atoms with E-state index in [0.717, 1.165) is 6.42 Å². The first-order chi connectivity index (χ1) is 9.43. The van der Waals surface area contributed by atoms with Crippen LogP contribution >= 0.6 is 0 Å². The first-order valence-electron chi connectivity index (χ1n) is 6.96. The maximum absolute atomic E-state index is 12.3. The van der Waals surface area contributed by atoms with Crippen molar-refractivity contribution in [2.75, 3.05) is 7.05 Å². The third-order valence-corrected chi connectivity index (χ3v) is 3.19. The molecule has 110 valence electrons. The standard InChI is InChI=1S/C16H23NO3/c1-11(2)10-12-4-6-13(7-5-12)16(20)14(17-3)8-9-15(18)19/h4-7,11,14,17H,8-10H2,1-3H3,(H,18,19). The summed E-state index contributed by atoms with van der Waals surface area (Å²) < 4.78 is 0. The number of carbonyl (C=O) groups excluding carboxylic acids is 1. The average Bonchev–Trinajstić information content (AvgIpc) is 2.39. The van der Waals surface area contributed by atoms with E-state index in [1.54, 1.807) is 7.05 Å². The highest BCUT2D eigenvalue weighted by Crippen LogP contribution is 2.13. The summed E-state index contributed by atoms with van der Waals surface area (Å²) in [6.07, 6.45) is 1.28. The Hall–Kier alpha value is -1.68.